The van der Waals surface area contributed by atoms with Crippen molar-refractivity contribution in [2.75, 3.05) is 32.6 Å². The van der Waals surface area contributed by atoms with E-state index < -0.39 is 10.0 Å². The van der Waals surface area contributed by atoms with Crippen LogP contribution in [0.3, 0.4) is 0 Å². The van der Waals surface area contributed by atoms with Crippen LogP contribution >= 0.6 is 0 Å². The molecule has 7 nitrogen and oxygen atoms in total. The zero-order valence-electron chi connectivity index (χ0n) is 17.6. The normalized spacial score (nSPS) is 15.6. The molecule has 1 saturated heterocycles. The molecule has 3 rings (SSSR count). The molecule has 1 aliphatic heterocycles. The number of hydrogen-bond acceptors (Lipinski definition) is 5. The lowest BCUT2D eigenvalue weighted by molar-refractivity contribution is -0.115. The Labute approximate surface area is 178 Å². The smallest absolute Gasteiger partial charge is 0.243 e. The van der Waals surface area contributed by atoms with Crippen molar-refractivity contribution >= 4 is 21.6 Å². The van der Waals surface area contributed by atoms with Crippen LogP contribution < -0.4 is 14.8 Å². The minimum atomic E-state index is -3.50. The standard InChI is InChI=1S/C22H28N2O5S/c1-16-10-12-24(13-11-16)30(26,27)19-7-5-18(6-8-19)23-22(25)15-17-4-9-20(28-2)21(14-17)29-3/h4-9,14,16H,10-13,15H2,1-3H3,(H,23,25). The van der Waals surface area contributed by atoms with Crippen molar-refractivity contribution < 1.29 is 22.7 Å². The molecule has 8 heteroatoms. The van der Waals surface area contributed by atoms with Crippen LogP contribution in [0, 0.1) is 5.92 Å². The second-order valence-electron chi connectivity index (χ2n) is 7.53. The number of carbonyl (C=O) groups excluding carboxylic acids is 1. The van der Waals surface area contributed by atoms with Crippen molar-refractivity contribution in [3.05, 3.63) is 48.0 Å². The predicted octanol–water partition coefficient (Wildman–Crippen LogP) is 3.31. The maximum absolute atomic E-state index is 12.8. The Kier molecular flexibility index (Phi) is 6.99. The molecule has 0 aliphatic carbocycles. The second kappa shape index (κ2) is 9.49. The Morgan fingerprint density at radius 3 is 2.27 bits per heavy atom. The summed E-state index contributed by atoms with van der Waals surface area (Å²) in [5.74, 6) is 1.51. The average molecular weight is 433 g/mol. The van der Waals surface area contributed by atoms with E-state index in [1.165, 1.54) is 4.31 Å². The number of benzene rings is 2. The Morgan fingerprint density at radius 1 is 1.03 bits per heavy atom. The van der Waals surface area contributed by atoms with Gasteiger partial charge in [0, 0.05) is 18.8 Å². The number of amides is 1. The number of carbonyl (C=O) groups is 1. The Bertz CT molecular complexity index is 981. The monoisotopic (exact) mass is 432 g/mol. The number of anilines is 1. The number of piperidine rings is 1. The quantitative estimate of drug-likeness (QED) is 0.726. The second-order valence-corrected chi connectivity index (χ2v) is 9.46. The van der Waals surface area contributed by atoms with Gasteiger partial charge in [-0.1, -0.05) is 13.0 Å². The lowest BCUT2D eigenvalue weighted by Crippen LogP contribution is -2.37. The van der Waals surface area contributed by atoms with Gasteiger partial charge in [0.15, 0.2) is 11.5 Å². The summed E-state index contributed by atoms with van der Waals surface area (Å²) in [4.78, 5) is 12.6. The molecule has 2 aromatic rings. The zero-order chi connectivity index (χ0) is 21.7. The van der Waals surface area contributed by atoms with Crippen LogP contribution in [0.15, 0.2) is 47.4 Å². The van der Waals surface area contributed by atoms with E-state index in [0.29, 0.717) is 36.2 Å². The van der Waals surface area contributed by atoms with Crippen molar-refractivity contribution in [3.63, 3.8) is 0 Å². The SMILES string of the molecule is COc1ccc(CC(=O)Nc2ccc(S(=O)(=O)N3CCC(C)CC3)cc2)cc1OC. The van der Waals surface area contributed by atoms with E-state index in [-0.39, 0.29) is 17.2 Å². The number of nitrogens with one attached hydrogen (secondary N) is 1. The molecule has 0 aromatic heterocycles. The summed E-state index contributed by atoms with van der Waals surface area (Å²) < 4.78 is 37.6. The summed E-state index contributed by atoms with van der Waals surface area (Å²) >= 11 is 0. The van der Waals surface area contributed by atoms with Gasteiger partial charge in [0.05, 0.1) is 25.5 Å². The van der Waals surface area contributed by atoms with Gasteiger partial charge in [0.25, 0.3) is 0 Å². The van der Waals surface area contributed by atoms with E-state index in [1.54, 1.807) is 56.7 Å². The lowest BCUT2D eigenvalue weighted by atomic mass is 10.0. The van der Waals surface area contributed by atoms with Gasteiger partial charge in [-0.05, 0) is 60.7 Å². The van der Waals surface area contributed by atoms with E-state index >= 15 is 0 Å². The minimum absolute atomic E-state index is 0.159. The van der Waals surface area contributed by atoms with E-state index in [9.17, 15) is 13.2 Å². The molecule has 1 aliphatic rings. The van der Waals surface area contributed by atoms with E-state index in [4.69, 9.17) is 9.47 Å². The molecule has 1 N–H and O–H groups in total. The topological polar surface area (TPSA) is 84.9 Å². The third kappa shape index (κ3) is 5.12. The molecule has 0 bridgehead atoms. The van der Waals surface area contributed by atoms with Crippen LogP contribution in [0.2, 0.25) is 0 Å². The summed E-state index contributed by atoms with van der Waals surface area (Å²) in [6.07, 6.45) is 1.92. The van der Waals surface area contributed by atoms with Crippen LogP contribution in [0.5, 0.6) is 11.5 Å². The fraction of sp³-hybridized carbons (Fsp3) is 0.409. The summed E-state index contributed by atoms with van der Waals surface area (Å²) in [6.45, 7) is 3.24. The first-order valence-electron chi connectivity index (χ1n) is 9.94. The zero-order valence-corrected chi connectivity index (χ0v) is 18.4. The average Bonchev–Trinajstić information content (AvgIpc) is 2.74. The number of methoxy groups -OCH3 is 2. The van der Waals surface area contributed by atoms with E-state index in [0.717, 1.165) is 18.4 Å². The minimum Gasteiger partial charge on any atom is -0.493 e. The molecular formula is C22H28N2O5S. The summed E-state index contributed by atoms with van der Waals surface area (Å²) in [7, 11) is -0.400. The molecule has 2 aromatic carbocycles. The molecule has 0 atom stereocenters. The Hall–Kier alpha value is -2.58. The number of nitrogens with zero attached hydrogens (tertiary/aromatic N) is 1. The Balaban J connectivity index is 1.63. The highest BCUT2D eigenvalue weighted by atomic mass is 32.2. The third-order valence-electron chi connectivity index (χ3n) is 5.33. The number of hydrogen-bond donors (Lipinski definition) is 1. The summed E-state index contributed by atoms with van der Waals surface area (Å²) in [5, 5.41) is 2.80. The van der Waals surface area contributed by atoms with Gasteiger partial charge in [-0.25, -0.2) is 8.42 Å². The van der Waals surface area contributed by atoms with Gasteiger partial charge in [-0.2, -0.15) is 4.31 Å². The maximum Gasteiger partial charge on any atom is 0.243 e. The Morgan fingerprint density at radius 2 is 1.67 bits per heavy atom. The predicted molar refractivity (Wildman–Crippen MR) is 115 cm³/mol. The highest BCUT2D eigenvalue weighted by Crippen LogP contribution is 2.28. The van der Waals surface area contributed by atoms with Crippen LogP contribution in [-0.2, 0) is 21.2 Å². The van der Waals surface area contributed by atoms with Gasteiger partial charge >= 0.3 is 0 Å². The van der Waals surface area contributed by atoms with Gasteiger partial charge < -0.3 is 14.8 Å². The van der Waals surface area contributed by atoms with Gasteiger partial charge in [-0.3, -0.25) is 4.79 Å². The van der Waals surface area contributed by atoms with Crippen LogP contribution in [0.4, 0.5) is 5.69 Å². The fourth-order valence-electron chi connectivity index (χ4n) is 3.47. The van der Waals surface area contributed by atoms with Crippen molar-refractivity contribution in [3.8, 4) is 11.5 Å². The molecule has 0 saturated carbocycles. The van der Waals surface area contributed by atoms with E-state index in [1.807, 2.05) is 0 Å². The van der Waals surface area contributed by atoms with E-state index in [2.05, 4.69) is 12.2 Å². The molecule has 0 spiro atoms. The largest absolute Gasteiger partial charge is 0.493 e. The van der Waals surface area contributed by atoms with Crippen molar-refractivity contribution in [1.82, 2.24) is 4.31 Å². The molecule has 1 heterocycles. The first kappa shape index (κ1) is 22.1. The molecule has 0 unspecified atom stereocenters. The summed E-state index contributed by atoms with van der Waals surface area (Å²) in [5.41, 5.74) is 1.33. The molecule has 0 radical (unpaired) electrons. The van der Waals surface area contributed by atoms with Crippen LogP contribution in [-0.4, -0.2) is 45.9 Å². The maximum atomic E-state index is 12.8. The molecular weight excluding hydrogens is 404 g/mol. The fourth-order valence-corrected chi connectivity index (χ4v) is 4.94. The number of ether oxygens (including phenoxy) is 2. The third-order valence-corrected chi connectivity index (χ3v) is 7.24. The molecule has 1 amide bonds. The van der Waals surface area contributed by atoms with Gasteiger partial charge in [-0.15, -0.1) is 0 Å². The van der Waals surface area contributed by atoms with Crippen molar-refractivity contribution in [1.29, 1.82) is 0 Å². The lowest BCUT2D eigenvalue weighted by Gasteiger charge is -2.29. The van der Waals surface area contributed by atoms with Crippen LogP contribution in [0.1, 0.15) is 25.3 Å². The summed E-state index contributed by atoms with van der Waals surface area (Å²) in [6, 6.07) is 11.6. The van der Waals surface area contributed by atoms with Crippen LogP contribution in [0.25, 0.3) is 0 Å². The molecule has 1 fully saturated rings. The van der Waals surface area contributed by atoms with Gasteiger partial charge in [0.1, 0.15) is 0 Å². The first-order valence-corrected chi connectivity index (χ1v) is 11.4. The molecule has 162 valence electrons. The van der Waals surface area contributed by atoms with Crippen molar-refractivity contribution in [2.45, 2.75) is 31.1 Å². The highest BCUT2D eigenvalue weighted by Gasteiger charge is 2.27. The van der Waals surface area contributed by atoms with Gasteiger partial charge in [0.2, 0.25) is 15.9 Å². The van der Waals surface area contributed by atoms with Crippen molar-refractivity contribution in [2.24, 2.45) is 5.92 Å². The number of rotatable bonds is 7. The number of sulfonamides is 1. The first-order chi connectivity index (χ1) is 14.3. The molecule has 30 heavy (non-hydrogen) atoms. The highest BCUT2D eigenvalue weighted by molar-refractivity contribution is 7.89.